The predicted octanol–water partition coefficient (Wildman–Crippen LogP) is 8.96. The summed E-state index contributed by atoms with van der Waals surface area (Å²) < 4.78 is 1.10. The fourth-order valence-corrected chi connectivity index (χ4v) is 4.49. The van der Waals surface area contributed by atoms with Crippen molar-refractivity contribution in [3.63, 3.8) is 0 Å². The second kappa shape index (κ2) is 9.38. The molecule has 0 nitrogen and oxygen atoms in total. The molecular formula is C31H23Br. The monoisotopic (exact) mass is 474 g/mol. The van der Waals surface area contributed by atoms with Crippen LogP contribution < -0.4 is 0 Å². The Morgan fingerprint density at radius 3 is 1.03 bits per heavy atom. The number of hydrogen-bond acceptors (Lipinski definition) is 0. The summed E-state index contributed by atoms with van der Waals surface area (Å²) in [6.45, 7) is 0. The summed E-state index contributed by atoms with van der Waals surface area (Å²) >= 11 is 3.58. The Labute approximate surface area is 198 Å². The third-order valence-electron chi connectivity index (χ3n) is 5.91. The Hall–Kier alpha value is -3.42. The van der Waals surface area contributed by atoms with Gasteiger partial charge in [-0.3, -0.25) is 0 Å². The van der Waals surface area contributed by atoms with Crippen LogP contribution in [0.4, 0.5) is 0 Å². The number of rotatable bonds is 5. The maximum Gasteiger partial charge on any atom is 0.0340 e. The molecule has 0 fully saturated rings. The van der Waals surface area contributed by atoms with E-state index in [2.05, 4.69) is 149 Å². The van der Waals surface area contributed by atoms with Crippen LogP contribution in [0.1, 0.15) is 22.6 Å². The fourth-order valence-electron chi connectivity index (χ4n) is 4.23. The van der Waals surface area contributed by atoms with Crippen LogP contribution >= 0.6 is 15.9 Å². The Kier molecular flexibility index (Phi) is 6.00. The van der Waals surface area contributed by atoms with Gasteiger partial charge in [0.25, 0.3) is 0 Å². The molecule has 0 aliphatic heterocycles. The lowest BCUT2D eigenvalue weighted by molar-refractivity contribution is 0.977. The van der Waals surface area contributed by atoms with E-state index in [4.69, 9.17) is 0 Å². The SMILES string of the molecule is Brc1ccc(C(c2ccc(-c3ccccc3)cc2)c2ccc(-c3ccccc3)cc2)cc1. The third-order valence-corrected chi connectivity index (χ3v) is 6.43. The summed E-state index contributed by atoms with van der Waals surface area (Å²) in [5, 5.41) is 0. The second-order valence-corrected chi connectivity index (χ2v) is 8.88. The van der Waals surface area contributed by atoms with Gasteiger partial charge >= 0.3 is 0 Å². The van der Waals surface area contributed by atoms with Gasteiger partial charge in [-0.2, -0.15) is 0 Å². The zero-order chi connectivity index (χ0) is 21.8. The molecule has 1 heteroatoms. The quantitative estimate of drug-likeness (QED) is 0.223. The smallest absolute Gasteiger partial charge is 0.0340 e. The number of hydrogen-bond donors (Lipinski definition) is 0. The molecule has 154 valence electrons. The Bertz CT molecular complexity index is 1190. The molecule has 0 N–H and O–H groups in total. The van der Waals surface area contributed by atoms with Crippen molar-refractivity contribution >= 4 is 15.9 Å². The van der Waals surface area contributed by atoms with Gasteiger partial charge in [0.2, 0.25) is 0 Å². The Morgan fingerprint density at radius 1 is 0.344 bits per heavy atom. The van der Waals surface area contributed by atoms with Crippen molar-refractivity contribution in [3.8, 4) is 22.3 Å². The molecule has 0 atom stereocenters. The van der Waals surface area contributed by atoms with E-state index in [0.29, 0.717) is 0 Å². The minimum atomic E-state index is 0.178. The average Bonchev–Trinajstić information content (AvgIpc) is 2.87. The van der Waals surface area contributed by atoms with Gasteiger partial charge < -0.3 is 0 Å². The highest BCUT2D eigenvalue weighted by atomic mass is 79.9. The molecule has 0 saturated heterocycles. The molecule has 5 aromatic rings. The van der Waals surface area contributed by atoms with E-state index in [1.807, 2.05) is 0 Å². The van der Waals surface area contributed by atoms with Crippen LogP contribution in [0.15, 0.2) is 138 Å². The van der Waals surface area contributed by atoms with Gasteiger partial charge in [0.05, 0.1) is 0 Å². The van der Waals surface area contributed by atoms with Gasteiger partial charge in [-0.05, 0) is 51.1 Å². The standard InChI is InChI=1S/C31H23Br/c32-30-21-19-29(20-22-30)31(27-15-11-25(12-16-27)23-7-3-1-4-8-23)28-17-13-26(14-18-28)24-9-5-2-6-10-24/h1-22,31H. The lowest BCUT2D eigenvalue weighted by Gasteiger charge is -2.20. The first kappa shape index (κ1) is 20.5. The van der Waals surface area contributed by atoms with Crippen LogP contribution in [-0.2, 0) is 0 Å². The van der Waals surface area contributed by atoms with Crippen molar-refractivity contribution in [3.05, 3.63) is 155 Å². The first-order chi connectivity index (χ1) is 15.8. The second-order valence-electron chi connectivity index (χ2n) is 7.96. The van der Waals surface area contributed by atoms with Gasteiger partial charge in [-0.15, -0.1) is 0 Å². The molecule has 0 aromatic heterocycles. The van der Waals surface area contributed by atoms with E-state index in [1.165, 1.54) is 38.9 Å². The van der Waals surface area contributed by atoms with Crippen LogP contribution in [0.2, 0.25) is 0 Å². The van der Waals surface area contributed by atoms with Crippen molar-refractivity contribution in [2.45, 2.75) is 5.92 Å². The summed E-state index contributed by atoms with van der Waals surface area (Å²) in [6.07, 6.45) is 0. The topological polar surface area (TPSA) is 0 Å². The molecule has 0 spiro atoms. The van der Waals surface area contributed by atoms with Gasteiger partial charge in [0.15, 0.2) is 0 Å². The summed E-state index contributed by atoms with van der Waals surface area (Å²) in [6, 6.07) is 47.7. The molecule has 0 heterocycles. The molecule has 0 bridgehead atoms. The first-order valence-corrected chi connectivity index (χ1v) is 11.6. The minimum Gasteiger partial charge on any atom is -0.0622 e. The van der Waals surface area contributed by atoms with E-state index in [1.54, 1.807) is 0 Å². The van der Waals surface area contributed by atoms with E-state index >= 15 is 0 Å². The lowest BCUT2D eigenvalue weighted by atomic mass is 9.84. The maximum absolute atomic E-state index is 3.58. The molecule has 32 heavy (non-hydrogen) atoms. The fraction of sp³-hybridized carbons (Fsp3) is 0.0323. The zero-order valence-corrected chi connectivity index (χ0v) is 19.2. The summed E-state index contributed by atoms with van der Waals surface area (Å²) in [5.74, 6) is 0.178. The highest BCUT2D eigenvalue weighted by Crippen LogP contribution is 2.35. The summed E-state index contributed by atoms with van der Waals surface area (Å²) in [5.41, 5.74) is 8.83. The molecule has 0 aliphatic rings. The molecular weight excluding hydrogens is 452 g/mol. The number of halogens is 1. The van der Waals surface area contributed by atoms with Crippen LogP contribution in [-0.4, -0.2) is 0 Å². The largest absolute Gasteiger partial charge is 0.0622 e. The summed E-state index contributed by atoms with van der Waals surface area (Å²) in [7, 11) is 0. The van der Waals surface area contributed by atoms with Gasteiger partial charge in [-0.1, -0.05) is 137 Å². The van der Waals surface area contributed by atoms with E-state index in [-0.39, 0.29) is 5.92 Å². The molecule has 5 aromatic carbocycles. The highest BCUT2D eigenvalue weighted by Gasteiger charge is 2.17. The highest BCUT2D eigenvalue weighted by molar-refractivity contribution is 9.10. The van der Waals surface area contributed by atoms with E-state index < -0.39 is 0 Å². The van der Waals surface area contributed by atoms with Crippen molar-refractivity contribution in [2.75, 3.05) is 0 Å². The van der Waals surface area contributed by atoms with Crippen LogP contribution in [0.25, 0.3) is 22.3 Å². The van der Waals surface area contributed by atoms with Crippen molar-refractivity contribution in [1.29, 1.82) is 0 Å². The van der Waals surface area contributed by atoms with Crippen LogP contribution in [0, 0.1) is 0 Å². The molecule has 0 radical (unpaired) electrons. The zero-order valence-electron chi connectivity index (χ0n) is 17.7. The van der Waals surface area contributed by atoms with Gasteiger partial charge in [0, 0.05) is 10.4 Å². The van der Waals surface area contributed by atoms with Crippen molar-refractivity contribution in [2.24, 2.45) is 0 Å². The summed E-state index contributed by atoms with van der Waals surface area (Å²) in [4.78, 5) is 0. The van der Waals surface area contributed by atoms with E-state index in [0.717, 1.165) is 4.47 Å². The van der Waals surface area contributed by atoms with Crippen LogP contribution in [0.5, 0.6) is 0 Å². The number of benzene rings is 5. The third kappa shape index (κ3) is 4.44. The normalized spacial score (nSPS) is 10.9. The van der Waals surface area contributed by atoms with E-state index in [9.17, 15) is 0 Å². The molecule has 5 rings (SSSR count). The first-order valence-electron chi connectivity index (χ1n) is 10.8. The molecule has 0 unspecified atom stereocenters. The van der Waals surface area contributed by atoms with Gasteiger partial charge in [-0.25, -0.2) is 0 Å². The van der Waals surface area contributed by atoms with Gasteiger partial charge in [0.1, 0.15) is 0 Å². The average molecular weight is 475 g/mol. The predicted molar refractivity (Wildman–Crippen MR) is 139 cm³/mol. The van der Waals surface area contributed by atoms with Crippen molar-refractivity contribution < 1.29 is 0 Å². The maximum atomic E-state index is 3.58. The lowest BCUT2D eigenvalue weighted by Crippen LogP contribution is -2.03. The van der Waals surface area contributed by atoms with Crippen LogP contribution in [0.3, 0.4) is 0 Å². The Balaban J connectivity index is 1.53. The minimum absolute atomic E-state index is 0.178. The Morgan fingerprint density at radius 2 is 0.656 bits per heavy atom. The molecule has 0 saturated carbocycles. The van der Waals surface area contributed by atoms with Crippen molar-refractivity contribution in [1.82, 2.24) is 0 Å². The molecule has 0 amide bonds. The molecule has 0 aliphatic carbocycles.